The van der Waals surface area contributed by atoms with E-state index in [4.69, 9.17) is 0 Å². The fraction of sp³-hybridized carbons (Fsp3) is 0.176. The molecule has 2 heterocycles. The molecule has 2 aromatic rings. The Morgan fingerprint density at radius 2 is 1.68 bits per heavy atom. The normalized spacial score (nSPS) is 23.9. The number of hydrogen-bond acceptors (Lipinski definition) is 4. The molecule has 4 rings (SSSR count). The third kappa shape index (κ3) is 2.16. The SMILES string of the molecule is O=C1Sc2ccccc2C(=O)N2C1CSC2c1ccccc1. The lowest BCUT2D eigenvalue weighted by Crippen LogP contribution is -2.40. The first-order valence-corrected chi connectivity index (χ1v) is 8.92. The predicted molar refractivity (Wildman–Crippen MR) is 88.9 cm³/mol. The molecule has 2 atom stereocenters. The van der Waals surface area contributed by atoms with Crippen LogP contribution < -0.4 is 0 Å². The van der Waals surface area contributed by atoms with Gasteiger partial charge in [-0.15, -0.1) is 11.8 Å². The van der Waals surface area contributed by atoms with E-state index in [1.165, 1.54) is 11.8 Å². The van der Waals surface area contributed by atoms with Crippen LogP contribution in [0.1, 0.15) is 21.3 Å². The number of hydrogen-bond donors (Lipinski definition) is 0. The molecule has 1 fully saturated rings. The van der Waals surface area contributed by atoms with Crippen molar-refractivity contribution in [3.8, 4) is 0 Å². The van der Waals surface area contributed by atoms with Gasteiger partial charge in [0.2, 0.25) is 5.12 Å². The van der Waals surface area contributed by atoms with E-state index in [1.807, 2.05) is 54.6 Å². The van der Waals surface area contributed by atoms with E-state index in [0.29, 0.717) is 11.3 Å². The minimum Gasteiger partial charge on any atom is -0.311 e. The Morgan fingerprint density at radius 1 is 0.955 bits per heavy atom. The number of fused-ring (bicyclic) bond motifs is 2. The van der Waals surface area contributed by atoms with Crippen LogP contribution in [0.4, 0.5) is 0 Å². The van der Waals surface area contributed by atoms with Crippen molar-refractivity contribution >= 4 is 34.5 Å². The van der Waals surface area contributed by atoms with E-state index < -0.39 is 0 Å². The van der Waals surface area contributed by atoms with Gasteiger partial charge in [-0.05, 0) is 29.5 Å². The van der Waals surface area contributed by atoms with Gasteiger partial charge in [-0.3, -0.25) is 9.59 Å². The smallest absolute Gasteiger partial charge is 0.256 e. The van der Waals surface area contributed by atoms with Gasteiger partial charge >= 0.3 is 0 Å². The molecule has 5 heteroatoms. The van der Waals surface area contributed by atoms with Gasteiger partial charge in [-0.2, -0.15) is 0 Å². The van der Waals surface area contributed by atoms with Crippen LogP contribution in [0.2, 0.25) is 0 Å². The van der Waals surface area contributed by atoms with Crippen molar-refractivity contribution in [3.63, 3.8) is 0 Å². The molecule has 0 aliphatic carbocycles. The molecule has 1 amide bonds. The van der Waals surface area contributed by atoms with Crippen LogP contribution in [-0.2, 0) is 4.79 Å². The van der Waals surface area contributed by atoms with E-state index in [9.17, 15) is 9.59 Å². The maximum Gasteiger partial charge on any atom is 0.256 e. The van der Waals surface area contributed by atoms with Crippen molar-refractivity contribution in [1.29, 1.82) is 0 Å². The largest absolute Gasteiger partial charge is 0.311 e. The summed E-state index contributed by atoms with van der Waals surface area (Å²) in [5, 5.41) is -0.0290. The van der Waals surface area contributed by atoms with Gasteiger partial charge in [0.05, 0.1) is 5.56 Å². The molecule has 2 aliphatic rings. The molecule has 0 N–H and O–H groups in total. The van der Waals surface area contributed by atoms with Crippen molar-refractivity contribution in [2.45, 2.75) is 16.3 Å². The molecule has 2 unspecified atom stereocenters. The summed E-state index contributed by atoms with van der Waals surface area (Å²) in [5.74, 6) is 0.614. The van der Waals surface area contributed by atoms with E-state index in [0.717, 1.165) is 10.5 Å². The molecule has 0 saturated carbocycles. The molecule has 0 spiro atoms. The van der Waals surface area contributed by atoms with Crippen molar-refractivity contribution in [2.24, 2.45) is 0 Å². The molecule has 2 aromatic carbocycles. The molecule has 2 aliphatic heterocycles. The molecular formula is C17H13NO2S2. The molecule has 0 aromatic heterocycles. The number of benzene rings is 2. The lowest BCUT2D eigenvalue weighted by molar-refractivity contribution is -0.114. The average molecular weight is 327 g/mol. The summed E-state index contributed by atoms with van der Waals surface area (Å²) < 4.78 is 0. The Kier molecular flexibility index (Phi) is 3.47. The summed E-state index contributed by atoms with van der Waals surface area (Å²) in [4.78, 5) is 28.1. The average Bonchev–Trinajstić information content (AvgIpc) is 2.96. The van der Waals surface area contributed by atoms with Gasteiger partial charge in [0, 0.05) is 10.6 Å². The second kappa shape index (κ2) is 5.48. The number of carbonyl (C=O) groups is 2. The number of rotatable bonds is 1. The molecule has 22 heavy (non-hydrogen) atoms. The molecular weight excluding hydrogens is 314 g/mol. The Labute approximate surface area is 137 Å². The Hall–Kier alpha value is -1.72. The monoisotopic (exact) mass is 327 g/mol. The molecule has 0 radical (unpaired) electrons. The van der Waals surface area contributed by atoms with E-state index in [-0.39, 0.29) is 22.4 Å². The number of carbonyl (C=O) groups excluding carboxylic acids is 2. The Balaban J connectivity index is 1.80. The summed E-state index contributed by atoms with van der Waals surface area (Å²) in [5.41, 5.74) is 1.70. The molecule has 0 bridgehead atoms. The third-order valence-corrected chi connectivity index (χ3v) is 6.29. The van der Waals surface area contributed by atoms with Gasteiger partial charge in [0.25, 0.3) is 5.91 Å². The number of amides is 1. The standard InChI is InChI=1S/C17H13NO2S2/c19-15-12-8-4-5-9-14(12)22-17(20)13-10-21-16(18(13)15)11-6-2-1-3-7-11/h1-9,13,16H,10H2. The fourth-order valence-electron chi connectivity index (χ4n) is 2.86. The maximum absolute atomic E-state index is 13.0. The molecule has 3 nitrogen and oxygen atoms in total. The van der Waals surface area contributed by atoms with Crippen LogP contribution in [0.25, 0.3) is 0 Å². The van der Waals surface area contributed by atoms with Crippen LogP contribution in [0.3, 0.4) is 0 Å². The molecule has 1 saturated heterocycles. The first-order valence-electron chi connectivity index (χ1n) is 7.05. The second-order valence-corrected chi connectivity index (χ2v) is 7.40. The topological polar surface area (TPSA) is 37.4 Å². The lowest BCUT2D eigenvalue weighted by atomic mass is 10.1. The van der Waals surface area contributed by atoms with Gasteiger partial charge in [-0.25, -0.2) is 0 Å². The van der Waals surface area contributed by atoms with E-state index in [1.54, 1.807) is 16.7 Å². The highest BCUT2D eigenvalue weighted by Crippen LogP contribution is 2.46. The van der Waals surface area contributed by atoms with Gasteiger partial charge in [-0.1, -0.05) is 42.5 Å². The Morgan fingerprint density at radius 3 is 2.50 bits per heavy atom. The van der Waals surface area contributed by atoms with Crippen molar-refractivity contribution < 1.29 is 9.59 Å². The quantitative estimate of drug-likeness (QED) is 0.802. The zero-order chi connectivity index (χ0) is 15.1. The first-order chi connectivity index (χ1) is 10.8. The van der Waals surface area contributed by atoms with Crippen LogP contribution in [0, 0.1) is 0 Å². The summed E-state index contributed by atoms with van der Waals surface area (Å²) >= 11 is 2.86. The van der Waals surface area contributed by atoms with E-state index in [2.05, 4.69) is 0 Å². The van der Waals surface area contributed by atoms with Crippen molar-refractivity contribution in [3.05, 3.63) is 65.7 Å². The van der Waals surface area contributed by atoms with Crippen molar-refractivity contribution in [1.82, 2.24) is 4.90 Å². The van der Waals surface area contributed by atoms with Gasteiger partial charge in [0.1, 0.15) is 11.4 Å². The predicted octanol–water partition coefficient (Wildman–Crippen LogP) is 3.58. The summed E-state index contributed by atoms with van der Waals surface area (Å²) in [7, 11) is 0. The minimum absolute atomic E-state index is 0.0437. The fourth-order valence-corrected chi connectivity index (χ4v) is 5.35. The van der Waals surface area contributed by atoms with Crippen LogP contribution in [0.15, 0.2) is 59.5 Å². The minimum atomic E-state index is -0.347. The second-order valence-electron chi connectivity index (χ2n) is 5.24. The zero-order valence-corrected chi connectivity index (χ0v) is 13.3. The van der Waals surface area contributed by atoms with Crippen LogP contribution in [0.5, 0.6) is 0 Å². The highest BCUT2D eigenvalue weighted by atomic mass is 32.2. The van der Waals surface area contributed by atoms with Crippen LogP contribution in [-0.4, -0.2) is 27.7 Å². The highest BCUT2D eigenvalue weighted by Gasteiger charge is 2.45. The number of thioether (sulfide) groups is 2. The summed E-state index contributed by atoms with van der Waals surface area (Å²) in [6.45, 7) is 0. The lowest BCUT2D eigenvalue weighted by Gasteiger charge is -2.27. The summed E-state index contributed by atoms with van der Waals surface area (Å²) in [6.07, 6.45) is 0. The maximum atomic E-state index is 13.0. The van der Waals surface area contributed by atoms with Gasteiger partial charge < -0.3 is 4.90 Å². The van der Waals surface area contributed by atoms with Gasteiger partial charge in [0.15, 0.2) is 0 Å². The first kappa shape index (κ1) is 13.9. The Bertz CT molecular complexity index is 747. The summed E-state index contributed by atoms with van der Waals surface area (Å²) in [6, 6.07) is 17.0. The van der Waals surface area contributed by atoms with E-state index >= 15 is 0 Å². The zero-order valence-electron chi connectivity index (χ0n) is 11.6. The van der Waals surface area contributed by atoms with Crippen molar-refractivity contribution in [2.75, 3.05) is 5.75 Å². The number of nitrogens with zero attached hydrogens (tertiary/aromatic N) is 1. The molecule has 110 valence electrons. The third-order valence-electron chi connectivity index (χ3n) is 3.92. The highest BCUT2D eigenvalue weighted by molar-refractivity contribution is 8.14. The van der Waals surface area contributed by atoms with Crippen LogP contribution >= 0.6 is 23.5 Å².